The van der Waals surface area contributed by atoms with Gasteiger partial charge in [-0.1, -0.05) is 106 Å². The molecule has 6 rings (SSSR count). The van der Waals surface area contributed by atoms with Gasteiger partial charge in [0.05, 0.1) is 0 Å². The van der Waals surface area contributed by atoms with Crippen LogP contribution in [0.4, 0.5) is 11.4 Å². The number of nitrogens with zero attached hydrogens (tertiary/aromatic N) is 2. The van der Waals surface area contributed by atoms with Gasteiger partial charge in [0.1, 0.15) is 0 Å². The monoisotopic (exact) mass is 784 g/mol. The standard InChI is InChI=1S/C31H38N.C10H11NO3.C2H6.ClH.Ru/c1-18-14-22(5)29(23(6)15-18)32-17-31(9)25-13-12-21(4)27-20(3)11-10-19(2)24(28(25)27)16-26(31)30(32,7)8;1-7(2)14-10-5-4-9(11(12)13)6-8(10)3;1-2;;/h10-17,20-21,24-25H,2H2,1,3-9H3;3-7H,1-2H3;1-2H3;1H;/q-1;;;;+1/p-1/t20?,21?,24-,25?,31-;;;;/m0..../s1. The van der Waals surface area contributed by atoms with Crippen LogP contribution in [0.1, 0.15) is 84.6 Å². The number of hydrogen-bond donors (Lipinski definition) is 0. The minimum absolute atomic E-state index is 0.0275. The molecule has 5 atom stereocenters. The van der Waals surface area contributed by atoms with Crippen molar-refractivity contribution in [1.82, 2.24) is 0 Å². The number of ether oxygens (including phenoxy) is 1. The summed E-state index contributed by atoms with van der Waals surface area (Å²) in [7, 11) is 5.69. The first-order chi connectivity index (χ1) is 23.5. The van der Waals surface area contributed by atoms with Crippen LogP contribution in [-0.2, 0) is 15.7 Å². The summed E-state index contributed by atoms with van der Waals surface area (Å²) in [6.07, 6.45) is 12.2. The molecule has 0 N–H and O–H groups in total. The van der Waals surface area contributed by atoms with Crippen LogP contribution in [0.2, 0.25) is 0 Å². The maximum absolute atomic E-state index is 10.6. The number of nitro groups is 1. The molecule has 0 amide bonds. The van der Waals surface area contributed by atoms with Gasteiger partial charge >= 0.3 is 105 Å². The number of nitro benzene ring substituents is 1. The van der Waals surface area contributed by atoms with Crippen LogP contribution < -0.4 is 9.64 Å². The van der Waals surface area contributed by atoms with E-state index < -0.39 is 20.6 Å². The van der Waals surface area contributed by atoms with Gasteiger partial charge in [0.25, 0.3) is 0 Å². The number of rotatable bonds is 5. The van der Waals surface area contributed by atoms with Crippen LogP contribution in [0, 0.1) is 66.5 Å². The number of anilines is 1. The van der Waals surface area contributed by atoms with E-state index in [1.165, 1.54) is 45.7 Å². The van der Waals surface area contributed by atoms with Crippen molar-refractivity contribution in [1.29, 1.82) is 0 Å². The Bertz CT molecular complexity index is 1780. The Labute approximate surface area is 312 Å². The Morgan fingerprint density at radius 1 is 1.02 bits per heavy atom. The third-order valence-electron chi connectivity index (χ3n) is 10.4. The van der Waals surface area contributed by atoms with Gasteiger partial charge in [-0.15, -0.1) is 5.41 Å². The molecule has 3 unspecified atom stereocenters. The predicted molar refractivity (Wildman–Crippen MR) is 209 cm³/mol. The summed E-state index contributed by atoms with van der Waals surface area (Å²) in [5, 5.41) is 10.6. The molecule has 271 valence electrons. The molecule has 1 fully saturated rings. The number of benzene rings is 2. The van der Waals surface area contributed by atoms with Gasteiger partial charge in [-0.3, -0.25) is 0 Å². The molecule has 3 aliphatic carbocycles. The molecular formula is C43H55ClN2O3Ru-. The van der Waals surface area contributed by atoms with E-state index >= 15 is 0 Å². The molecule has 1 saturated heterocycles. The quantitative estimate of drug-likeness (QED) is 0.0996. The Balaban J connectivity index is 0.000000264. The van der Waals surface area contributed by atoms with Gasteiger partial charge in [0.2, 0.25) is 0 Å². The van der Waals surface area contributed by atoms with Gasteiger partial charge in [-0.2, -0.15) is 0 Å². The van der Waals surface area contributed by atoms with E-state index in [0.29, 0.717) is 35.0 Å². The number of hydrogen-bond acceptors (Lipinski definition) is 4. The van der Waals surface area contributed by atoms with Gasteiger partial charge < -0.3 is 4.90 Å². The van der Waals surface area contributed by atoms with Crippen molar-refractivity contribution in [3.8, 4) is 5.75 Å². The van der Waals surface area contributed by atoms with Gasteiger partial charge in [0, 0.05) is 17.1 Å². The molecule has 7 heteroatoms. The second-order valence-electron chi connectivity index (χ2n) is 14.8. The van der Waals surface area contributed by atoms with Crippen molar-refractivity contribution in [3.63, 3.8) is 0 Å². The zero-order valence-electron chi connectivity index (χ0n) is 31.9. The fourth-order valence-electron chi connectivity index (χ4n) is 8.49. The summed E-state index contributed by atoms with van der Waals surface area (Å²) in [5.74, 6) is 2.27. The molecule has 0 bridgehead atoms. The van der Waals surface area contributed by atoms with Crippen LogP contribution in [-0.4, -0.2) is 21.2 Å². The zero-order valence-corrected chi connectivity index (χ0v) is 34.4. The van der Waals surface area contributed by atoms with E-state index in [4.69, 9.17) is 14.4 Å². The number of halogens is 1. The van der Waals surface area contributed by atoms with E-state index in [0.717, 1.165) is 0 Å². The average molecular weight is 784 g/mol. The summed E-state index contributed by atoms with van der Waals surface area (Å²) < 4.78 is 7.31. The first kappa shape index (κ1) is 39.7. The third-order valence-corrected chi connectivity index (χ3v) is 11.6. The summed E-state index contributed by atoms with van der Waals surface area (Å²) in [5.41, 5.74) is 12.0. The Morgan fingerprint density at radius 2 is 1.64 bits per heavy atom. The molecule has 0 aromatic heterocycles. The molecule has 1 aliphatic heterocycles. The number of allylic oxidation sites excluding steroid dienone is 8. The van der Waals surface area contributed by atoms with Gasteiger partial charge in [-0.25, -0.2) is 6.54 Å². The third kappa shape index (κ3) is 7.44. The number of non-ortho nitro benzene ring substituents is 1. The second kappa shape index (κ2) is 15.7. The zero-order chi connectivity index (χ0) is 37.3. The topological polar surface area (TPSA) is 55.6 Å². The summed E-state index contributed by atoms with van der Waals surface area (Å²) in [4.78, 5) is 12.8. The predicted octanol–water partition coefficient (Wildman–Crippen LogP) is 11.6. The second-order valence-corrected chi connectivity index (χ2v) is 16.5. The Morgan fingerprint density at radius 3 is 2.22 bits per heavy atom. The molecule has 0 radical (unpaired) electrons. The fourth-order valence-corrected chi connectivity index (χ4v) is 9.58. The molecular weight excluding hydrogens is 729 g/mol. The summed E-state index contributed by atoms with van der Waals surface area (Å²) >= 11 is -0.440. The molecule has 1 heterocycles. The van der Waals surface area contributed by atoms with Gasteiger partial charge in [0.15, 0.2) is 0 Å². The number of fused-ring (bicyclic) bond motifs is 2. The molecule has 5 nitrogen and oxygen atoms in total. The van der Waals surface area contributed by atoms with E-state index in [1.807, 2.05) is 27.7 Å². The summed E-state index contributed by atoms with van der Waals surface area (Å²) in [6, 6.07) is 9.17. The average Bonchev–Trinajstić information content (AvgIpc) is 3.15. The normalized spacial score (nSPS) is 26.2. The van der Waals surface area contributed by atoms with Crippen molar-refractivity contribution >= 4 is 25.7 Å². The maximum atomic E-state index is 10.6. The van der Waals surface area contributed by atoms with Crippen molar-refractivity contribution in [3.05, 3.63) is 128 Å². The first-order valence-electron chi connectivity index (χ1n) is 17.8. The minimum atomic E-state index is -0.440. The molecule has 4 aliphatic rings. The molecule has 2 aromatic carbocycles. The van der Waals surface area contributed by atoms with E-state index in [9.17, 15) is 10.1 Å². The Kier molecular flexibility index (Phi) is 12.4. The van der Waals surface area contributed by atoms with Crippen LogP contribution in [0.15, 0.2) is 89.6 Å². The Hall–Kier alpha value is -3.08. The van der Waals surface area contributed by atoms with Crippen molar-refractivity contribution in [2.45, 2.75) is 94.7 Å². The van der Waals surface area contributed by atoms with E-state index in [1.54, 1.807) is 21.8 Å². The van der Waals surface area contributed by atoms with E-state index in [-0.39, 0.29) is 22.7 Å². The van der Waals surface area contributed by atoms with E-state index in [2.05, 4.69) is 116 Å². The molecule has 0 spiro atoms. The van der Waals surface area contributed by atoms with Crippen molar-refractivity contribution < 1.29 is 25.3 Å². The van der Waals surface area contributed by atoms with Crippen molar-refractivity contribution in [2.75, 3.05) is 4.90 Å². The van der Waals surface area contributed by atoms with Crippen LogP contribution in [0.25, 0.3) is 0 Å². The number of aryl methyl sites for hydroxylation is 3. The SMILES string of the molecule is C=C1C=CC(C)C2=C3C(C=CC2C)[C@]2(C)[CH-]N(c4c(C)cc(C)cc4C)C(C)(C)C2=C[C@@H]13.CC.CC(C)Oc1ccc([N+](=O)[O-])cc1[CH]=[Ru][Cl]. The molecule has 2 aromatic rings. The summed E-state index contributed by atoms with van der Waals surface area (Å²) in [6.45, 7) is 33.6. The van der Waals surface area contributed by atoms with Crippen molar-refractivity contribution in [2.24, 2.45) is 29.1 Å². The van der Waals surface area contributed by atoms with Crippen LogP contribution >= 0.6 is 9.69 Å². The first-order valence-corrected chi connectivity index (χ1v) is 21.0. The van der Waals surface area contributed by atoms with Crippen LogP contribution in [0.3, 0.4) is 0 Å². The fraction of sp³-hybridized carbons (Fsp3) is 0.442. The van der Waals surface area contributed by atoms with Gasteiger partial charge in [-0.05, 0) is 69.1 Å². The van der Waals surface area contributed by atoms with Crippen LogP contribution in [0.5, 0.6) is 5.75 Å². The molecule has 0 saturated carbocycles. The molecule has 50 heavy (non-hydrogen) atoms.